The highest BCUT2D eigenvalue weighted by molar-refractivity contribution is 5.96. The van der Waals surface area contributed by atoms with Crippen LogP contribution in [0, 0.1) is 0 Å². The maximum absolute atomic E-state index is 10.8. The van der Waals surface area contributed by atoms with Crippen molar-refractivity contribution in [2.75, 3.05) is 11.9 Å². The molecule has 2 aromatic rings. The molecule has 1 aromatic heterocycles. The van der Waals surface area contributed by atoms with E-state index in [0.717, 1.165) is 0 Å². The molecule has 8 heteroatoms. The minimum Gasteiger partial charge on any atom is -0.480 e. The second-order valence-electron chi connectivity index (χ2n) is 3.51. The number of hydrogen-bond acceptors (Lipinski definition) is 5. The molecule has 0 radical (unpaired) electrons. The average molecular weight is 284 g/mol. The lowest BCUT2D eigenvalue weighted by atomic mass is 10.1. The topological polar surface area (TPSA) is 112 Å². The lowest BCUT2D eigenvalue weighted by molar-refractivity contribution is -0.134. The zero-order valence-corrected chi connectivity index (χ0v) is 10.3. The van der Waals surface area contributed by atoms with Crippen molar-refractivity contribution in [3.05, 3.63) is 30.1 Å². The largest absolute Gasteiger partial charge is 0.480 e. The van der Waals surface area contributed by atoms with Gasteiger partial charge in [0.05, 0.1) is 11.1 Å². The average Bonchev–Trinajstić information content (AvgIpc) is 2.35. The van der Waals surface area contributed by atoms with Crippen molar-refractivity contribution in [1.82, 2.24) is 9.97 Å². The summed E-state index contributed by atoms with van der Waals surface area (Å²) < 4.78 is 0. The Balaban J connectivity index is 0.00000180. The van der Waals surface area contributed by atoms with Crippen LogP contribution in [-0.4, -0.2) is 38.7 Å². The minimum atomic E-state index is -1.05. The van der Waals surface area contributed by atoms with Crippen molar-refractivity contribution in [2.45, 2.75) is 0 Å². The molecule has 0 bridgehead atoms. The number of hydrogen-bond donors (Lipinski definition) is 3. The Kier molecular flexibility index (Phi) is 4.60. The molecule has 0 aliphatic heterocycles. The fraction of sp³-hybridized carbons (Fsp3) is 0.0909. The molecular formula is C11H10ClN3O4. The predicted octanol–water partition coefficient (Wildman–Crippen LogP) is 1.25. The molecule has 0 saturated heterocycles. The summed E-state index contributed by atoms with van der Waals surface area (Å²) in [6, 6.07) is 4.37. The van der Waals surface area contributed by atoms with Gasteiger partial charge in [0.2, 0.25) is 0 Å². The number of aromatic carboxylic acids is 1. The second kappa shape index (κ2) is 5.96. The van der Waals surface area contributed by atoms with E-state index in [1.54, 1.807) is 6.07 Å². The maximum atomic E-state index is 10.8. The van der Waals surface area contributed by atoms with Gasteiger partial charge in [-0.1, -0.05) is 0 Å². The Bertz CT molecular complexity index is 632. The molecule has 0 spiro atoms. The molecule has 0 fully saturated rings. The molecule has 19 heavy (non-hydrogen) atoms. The monoisotopic (exact) mass is 283 g/mol. The van der Waals surface area contributed by atoms with E-state index in [0.29, 0.717) is 16.7 Å². The molecule has 7 nitrogen and oxygen atoms in total. The van der Waals surface area contributed by atoms with Gasteiger partial charge in [0.25, 0.3) is 0 Å². The van der Waals surface area contributed by atoms with E-state index in [2.05, 4.69) is 15.3 Å². The van der Waals surface area contributed by atoms with E-state index < -0.39 is 11.9 Å². The zero-order valence-electron chi connectivity index (χ0n) is 9.53. The number of aromatic nitrogens is 2. The van der Waals surface area contributed by atoms with Gasteiger partial charge < -0.3 is 15.5 Å². The first-order valence-corrected chi connectivity index (χ1v) is 5.01. The number of fused-ring (bicyclic) bond motifs is 1. The number of halogens is 1. The normalized spacial score (nSPS) is 9.68. The van der Waals surface area contributed by atoms with Crippen molar-refractivity contribution in [1.29, 1.82) is 0 Å². The van der Waals surface area contributed by atoms with Crippen LogP contribution in [0.2, 0.25) is 0 Å². The fourth-order valence-corrected chi connectivity index (χ4v) is 1.49. The van der Waals surface area contributed by atoms with Gasteiger partial charge >= 0.3 is 11.9 Å². The number of aliphatic carboxylic acids is 1. The number of carboxylic acid groups (broad SMARTS) is 2. The summed E-state index contributed by atoms with van der Waals surface area (Å²) in [6.07, 6.45) is 1.25. The number of carbonyl (C=O) groups is 2. The Morgan fingerprint density at radius 3 is 2.58 bits per heavy atom. The van der Waals surface area contributed by atoms with Crippen LogP contribution in [0.1, 0.15) is 10.4 Å². The van der Waals surface area contributed by atoms with E-state index in [-0.39, 0.29) is 24.5 Å². The lowest BCUT2D eigenvalue weighted by Gasteiger charge is -2.06. The summed E-state index contributed by atoms with van der Waals surface area (Å²) in [5.74, 6) is -1.70. The molecule has 0 amide bonds. The highest BCUT2D eigenvalue weighted by Crippen LogP contribution is 2.20. The van der Waals surface area contributed by atoms with Crippen LogP contribution in [0.5, 0.6) is 0 Å². The standard InChI is InChI=1S/C11H9N3O4.ClH/c15-9(16)4-12-10-7-2-1-6(11(17)18)3-8(7)13-5-14-10;/h1-3,5H,4H2,(H,15,16)(H,17,18)(H,12,13,14);1H. The van der Waals surface area contributed by atoms with E-state index in [1.165, 1.54) is 18.5 Å². The van der Waals surface area contributed by atoms with Gasteiger partial charge in [-0.3, -0.25) is 4.79 Å². The summed E-state index contributed by atoms with van der Waals surface area (Å²) >= 11 is 0. The van der Waals surface area contributed by atoms with Crippen LogP contribution in [0.4, 0.5) is 5.82 Å². The Morgan fingerprint density at radius 1 is 1.21 bits per heavy atom. The van der Waals surface area contributed by atoms with Gasteiger partial charge in [0, 0.05) is 5.39 Å². The highest BCUT2D eigenvalue weighted by atomic mass is 35.5. The van der Waals surface area contributed by atoms with Crippen molar-refractivity contribution in [3.8, 4) is 0 Å². The van der Waals surface area contributed by atoms with Crippen LogP contribution in [0.15, 0.2) is 24.5 Å². The first-order valence-electron chi connectivity index (χ1n) is 5.01. The molecule has 0 aliphatic carbocycles. The molecule has 3 N–H and O–H groups in total. The molecule has 1 aromatic carbocycles. The summed E-state index contributed by atoms with van der Waals surface area (Å²) in [7, 11) is 0. The molecule has 0 saturated carbocycles. The Morgan fingerprint density at radius 2 is 1.95 bits per heavy atom. The predicted molar refractivity (Wildman–Crippen MR) is 69.9 cm³/mol. The number of rotatable bonds is 4. The summed E-state index contributed by atoms with van der Waals surface area (Å²) in [6.45, 7) is -0.271. The fourth-order valence-electron chi connectivity index (χ4n) is 1.49. The number of nitrogens with zero attached hydrogens (tertiary/aromatic N) is 2. The molecule has 0 unspecified atom stereocenters. The van der Waals surface area contributed by atoms with E-state index in [9.17, 15) is 9.59 Å². The van der Waals surface area contributed by atoms with Crippen LogP contribution in [-0.2, 0) is 4.79 Å². The summed E-state index contributed by atoms with van der Waals surface area (Å²) in [4.78, 5) is 29.1. The highest BCUT2D eigenvalue weighted by Gasteiger charge is 2.08. The first kappa shape index (κ1) is 14.7. The lowest BCUT2D eigenvalue weighted by Crippen LogP contribution is -2.13. The van der Waals surface area contributed by atoms with E-state index >= 15 is 0 Å². The molecule has 0 aliphatic rings. The third-order valence-corrected chi connectivity index (χ3v) is 2.29. The zero-order chi connectivity index (χ0) is 13.1. The van der Waals surface area contributed by atoms with Crippen LogP contribution in [0.3, 0.4) is 0 Å². The molecule has 0 atom stereocenters. The number of carboxylic acids is 2. The van der Waals surface area contributed by atoms with E-state index in [1.807, 2.05) is 0 Å². The summed E-state index contributed by atoms with van der Waals surface area (Å²) in [5.41, 5.74) is 0.558. The first-order chi connectivity index (χ1) is 8.58. The van der Waals surface area contributed by atoms with Crippen LogP contribution < -0.4 is 5.32 Å². The van der Waals surface area contributed by atoms with E-state index in [4.69, 9.17) is 10.2 Å². The minimum absolute atomic E-state index is 0. The van der Waals surface area contributed by atoms with Crippen molar-refractivity contribution in [3.63, 3.8) is 0 Å². The SMILES string of the molecule is Cl.O=C(O)CNc1ncnc2cc(C(=O)O)ccc12. The van der Waals surface area contributed by atoms with Gasteiger partial charge in [-0.05, 0) is 18.2 Å². The van der Waals surface area contributed by atoms with Crippen LogP contribution >= 0.6 is 12.4 Å². The number of anilines is 1. The van der Waals surface area contributed by atoms with Crippen LogP contribution in [0.25, 0.3) is 10.9 Å². The van der Waals surface area contributed by atoms with Gasteiger partial charge in [-0.15, -0.1) is 12.4 Å². The molecular weight excluding hydrogens is 274 g/mol. The van der Waals surface area contributed by atoms with Gasteiger partial charge in [-0.25, -0.2) is 14.8 Å². The van der Waals surface area contributed by atoms with Gasteiger partial charge in [0.15, 0.2) is 0 Å². The van der Waals surface area contributed by atoms with Crippen molar-refractivity contribution >= 4 is 41.1 Å². The van der Waals surface area contributed by atoms with Crippen molar-refractivity contribution < 1.29 is 19.8 Å². The Hall–Kier alpha value is -2.41. The molecule has 100 valence electrons. The number of nitrogens with one attached hydrogen (secondary N) is 1. The second-order valence-corrected chi connectivity index (χ2v) is 3.51. The quantitative estimate of drug-likeness (QED) is 0.774. The number of benzene rings is 1. The smallest absolute Gasteiger partial charge is 0.335 e. The maximum Gasteiger partial charge on any atom is 0.335 e. The Labute approximate surface area is 113 Å². The van der Waals surface area contributed by atoms with Crippen molar-refractivity contribution in [2.24, 2.45) is 0 Å². The van der Waals surface area contributed by atoms with Gasteiger partial charge in [-0.2, -0.15) is 0 Å². The third-order valence-electron chi connectivity index (χ3n) is 2.29. The van der Waals surface area contributed by atoms with Gasteiger partial charge in [0.1, 0.15) is 18.7 Å². The summed E-state index contributed by atoms with van der Waals surface area (Å²) in [5, 5.41) is 20.6. The third kappa shape index (κ3) is 3.29. The molecule has 2 rings (SSSR count). The molecule has 1 heterocycles.